The van der Waals surface area contributed by atoms with Gasteiger partial charge in [-0.3, -0.25) is 4.79 Å². The summed E-state index contributed by atoms with van der Waals surface area (Å²) in [6.45, 7) is 0. The summed E-state index contributed by atoms with van der Waals surface area (Å²) in [5.74, 6) is -1.06. The number of thioether (sulfide) groups is 1. The number of nitrogens with one attached hydrogen (secondary N) is 1. The minimum atomic E-state index is -1.04. The van der Waals surface area contributed by atoms with Crippen LogP contribution in [0.2, 0.25) is 0 Å². The molecule has 1 fully saturated rings. The summed E-state index contributed by atoms with van der Waals surface area (Å²) < 4.78 is 29.9. The normalized spacial score (nSPS) is 20.8. The van der Waals surface area contributed by atoms with Crippen LogP contribution in [0, 0.1) is 11.6 Å². The van der Waals surface area contributed by atoms with Gasteiger partial charge in [0.15, 0.2) is 23.2 Å². The highest BCUT2D eigenvalue weighted by molar-refractivity contribution is 9.10. The van der Waals surface area contributed by atoms with E-state index in [9.17, 15) is 13.6 Å². The molecule has 9 heteroatoms. The van der Waals surface area contributed by atoms with E-state index in [1.54, 1.807) is 0 Å². The van der Waals surface area contributed by atoms with E-state index in [0.717, 1.165) is 40.8 Å². The third-order valence-electron chi connectivity index (χ3n) is 5.10. The Morgan fingerprint density at radius 3 is 2.55 bits per heavy atom. The zero-order chi connectivity index (χ0) is 20.1. The Kier molecular flexibility index (Phi) is 4.66. The quantitative estimate of drug-likeness (QED) is 0.546. The summed E-state index contributed by atoms with van der Waals surface area (Å²) in [6.07, 6.45) is 2.15. The van der Waals surface area contributed by atoms with Crippen LogP contribution in [0.15, 0.2) is 52.1 Å². The summed E-state index contributed by atoms with van der Waals surface area (Å²) in [4.78, 5) is 13.3. The molecule has 0 saturated heterocycles. The Balaban J connectivity index is 1.55. The van der Waals surface area contributed by atoms with Crippen LogP contribution in [-0.2, 0) is 0 Å². The number of benzene rings is 2. The van der Waals surface area contributed by atoms with Crippen molar-refractivity contribution in [2.24, 2.45) is 0 Å². The van der Waals surface area contributed by atoms with Gasteiger partial charge in [0.25, 0.3) is 0 Å². The van der Waals surface area contributed by atoms with Gasteiger partial charge in [0.05, 0.1) is 6.04 Å². The Bertz CT molecular complexity index is 1100. The molecular formula is C20H15BrF2N4OS. The number of ketones is 1. The molecule has 5 nitrogen and oxygen atoms in total. The lowest BCUT2D eigenvalue weighted by molar-refractivity contribution is 0.0979. The van der Waals surface area contributed by atoms with Crippen molar-refractivity contribution in [1.29, 1.82) is 0 Å². The minimum absolute atomic E-state index is 0.126. The zero-order valence-electron chi connectivity index (χ0n) is 15.0. The molecule has 2 atom stereocenters. The molecule has 0 amide bonds. The number of carbonyl (C=O) groups is 1. The molecule has 3 aromatic rings. The SMILES string of the molecule is O=C(c1ccc(F)c(F)c1)[C@H]1Sc2nnc(C3CC3)n2N[C@@H]1c1ccc(Br)cc1. The number of Topliss-reactive ketones (excluding diaryl/α,β-unsaturated/α-hetero) is 1. The van der Waals surface area contributed by atoms with E-state index in [1.807, 2.05) is 28.9 Å². The number of nitrogens with zero attached hydrogens (tertiary/aromatic N) is 3. The van der Waals surface area contributed by atoms with Crippen molar-refractivity contribution >= 4 is 33.5 Å². The fourth-order valence-corrected chi connectivity index (χ4v) is 4.84. The lowest BCUT2D eigenvalue weighted by Crippen LogP contribution is -2.39. The van der Waals surface area contributed by atoms with Gasteiger partial charge >= 0.3 is 0 Å². The smallest absolute Gasteiger partial charge is 0.210 e. The van der Waals surface area contributed by atoms with E-state index in [1.165, 1.54) is 17.8 Å². The molecule has 148 valence electrons. The molecule has 1 N–H and O–H groups in total. The average molecular weight is 477 g/mol. The lowest BCUT2D eigenvalue weighted by Gasteiger charge is -2.33. The first kappa shape index (κ1) is 18.7. The van der Waals surface area contributed by atoms with Crippen LogP contribution in [0.3, 0.4) is 0 Å². The number of aromatic nitrogens is 3. The third-order valence-corrected chi connectivity index (χ3v) is 6.84. The Labute approximate surface area is 178 Å². The van der Waals surface area contributed by atoms with Crippen LogP contribution < -0.4 is 5.43 Å². The molecule has 2 aromatic carbocycles. The second kappa shape index (κ2) is 7.21. The fraction of sp³-hybridized carbons (Fsp3) is 0.250. The van der Waals surface area contributed by atoms with Gasteiger partial charge in [-0.2, -0.15) is 0 Å². The van der Waals surface area contributed by atoms with Gasteiger partial charge < -0.3 is 5.43 Å². The fourth-order valence-electron chi connectivity index (χ4n) is 3.41. The van der Waals surface area contributed by atoms with E-state index in [4.69, 9.17) is 0 Å². The van der Waals surface area contributed by atoms with Crippen molar-refractivity contribution < 1.29 is 13.6 Å². The molecule has 29 heavy (non-hydrogen) atoms. The van der Waals surface area contributed by atoms with Gasteiger partial charge in [0.2, 0.25) is 5.16 Å². The van der Waals surface area contributed by atoms with Crippen molar-refractivity contribution in [3.63, 3.8) is 0 Å². The van der Waals surface area contributed by atoms with Crippen molar-refractivity contribution in [3.05, 3.63) is 75.5 Å². The molecule has 1 saturated carbocycles. The number of hydrogen-bond donors (Lipinski definition) is 1. The number of fused-ring (bicyclic) bond motifs is 1. The zero-order valence-corrected chi connectivity index (χ0v) is 17.4. The molecule has 2 heterocycles. The van der Waals surface area contributed by atoms with Gasteiger partial charge in [0.1, 0.15) is 5.25 Å². The van der Waals surface area contributed by atoms with Crippen molar-refractivity contribution in [2.45, 2.75) is 35.2 Å². The van der Waals surface area contributed by atoms with E-state index >= 15 is 0 Å². The summed E-state index contributed by atoms with van der Waals surface area (Å²) in [7, 11) is 0. The first-order valence-electron chi connectivity index (χ1n) is 9.14. The number of carbonyl (C=O) groups excluding carboxylic acids is 1. The Morgan fingerprint density at radius 1 is 1.10 bits per heavy atom. The highest BCUT2D eigenvalue weighted by Gasteiger charge is 2.40. The molecule has 1 aliphatic heterocycles. The molecule has 2 aliphatic rings. The Hall–Kier alpha value is -2.26. The van der Waals surface area contributed by atoms with E-state index in [0.29, 0.717) is 11.1 Å². The monoisotopic (exact) mass is 476 g/mol. The van der Waals surface area contributed by atoms with E-state index in [-0.39, 0.29) is 17.4 Å². The molecular weight excluding hydrogens is 462 g/mol. The maximum atomic E-state index is 13.7. The van der Waals surface area contributed by atoms with Crippen LogP contribution in [0.4, 0.5) is 8.78 Å². The summed E-state index contributed by atoms with van der Waals surface area (Å²) in [5.41, 5.74) is 4.43. The van der Waals surface area contributed by atoms with Crippen LogP contribution in [0.5, 0.6) is 0 Å². The molecule has 0 radical (unpaired) electrons. The number of hydrogen-bond acceptors (Lipinski definition) is 5. The highest BCUT2D eigenvalue weighted by Crippen LogP contribution is 2.44. The lowest BCUT2D eigenvalue weighted by atomic mass is 9.97. The predicted molar refractivity (Wildman–Crippen MR) is 109 cm³/mol. The van der Waals surface area contributed by atoms with Crippen molar-refractivity contribution in [1.82, 2.24) is 14.9 Å². The van der Waals surface area contributed by atoms with Crippen LogP contribution in [0.25, 0.3) is 0 Å². The van der Waals surface area contributed by atoms with E-state index in [2.05, 4.69) is 31.6 Å². The molecule has 0 spiro atoms. The van der Waals surface area contributed by atoms with Crippen LogP contribution in [0.1, 0.15) is 46.5 Å². The predicted octanol–water partition coefficient (Wildman–Crippen LogP) is 4.84. The average Bonchev–Trinajstić information content (AvgIpc) is 3.48. The topological polar surface area (TPSA) is 59.8 Å². The third kappa shape index (κ3) is 3.46. The first-order valence-corrected chi connectivity index (χ1v) is 10.8. The number of rotatable bonds is 4. The van der Waals surface area contributed by atoms with E-state index < -0.39 is 16.9 Å². The second-order valence-electron chi connectivity index (χ2n) is 7.14. The summed E-state index contributed by atoms with van der Waals surface area (Å²) in [6, 6.07) is 10.5. The maximum absolute atomic E-state index is 13.7. The van der Waals surface area contributed by atoms with Gasteiger partial charge in [-0.25, -0.2) is 13.5 Å². The second-order valence-corrected chi connectivity index (χ2v) is 9.16. The van der Waals surface area contributed by atoms with Gasteiger partial charge in [-0.05, 0) is 48.7 Å². The summed E-state index contributed by atoms with van der Waals surface area (Å²) >= 11 is 4.72. The van der Waals surface area contributed by atoms with Gasteiger partial charge in [0, 0.05) is 16.0 Å². The molecule has 1 aromatic heterocycles. The van der Waals surface area contributed by atoms with Gasteiger partial charge in [-0.1, -0.05) is 39.8 Å². The molecule has 1 aliphatic carbocycles. The molecule has 0 unspecified atom stereocenters. The van der Waals surface area contributed by atoms with Crippen LogP contribution >= 0.6 is 27.7 Å². The van der Waals surface area contributed by atoms with Crippen LogP contribution in [-0.4, -0.2) is 25.9 Å². The van der Waals surface area contributed by atoms with Gasteiger partial charge in [-0.15, -0.1) is 10.2 Å². The summed E-state index contributed by atoms with van der Waals surface area (Å²) in [5, 5.41) is 8.52. The first-order chi connectivity index (χ1) is 14.0. The minimum Gasteiger partial charge on any atom is -0.313 e. The standard InChI is InChI=1S/C20H15BrF2N4OS/c21-13-6-3-10(4-7-13)16-18(17(28)12-5-8-14(22)15(23)9-12)29-20-25-24-19(11-1-2-11)27(20)26-16/h3-9,11,16,18,26H,1-2H2/t16-,18+/m1/s1. The highest BCUT2D eigenvalue weighted by atomic mass is 79.9. The maximum Gasteiger partial charge on any atom is 0.210 e. The molecule has 0 bridgehead atoms. The largest absolute Gasteiger partial charge is 0.313 e. The number of halogens is 3. The van der Waals surface area contributed by atoms with Crippen molar-refractivity contribution in [2.75, 3.05) is 5.43 Å². The molecule has 5 rings (SSSR count). The Morgan fingerprint density at radius 2 is 1.86 bits per heavy atom. The van der Waals surface area contributed by atoms with Crippen molar-refractivity contribution in [3.8, 4) is 0 Å².